The maximum atomic E-state index is 11.2. The molecule has 1 aliphatic heterocycles. The molecule has 3 rings (SSSR count). The van der Waals surface area contributed by atoms with Gasteiger partial charge >= 0.3 is 5.97 Å². The summed E-state index contributed by atoms with van der Waals surface area (Å²) in [6.07, 6.45) is 3.88. The van der Waals surface area contributed by atoms with Gasteiger partial charge in [-0.25, -0.2) is 4.98 Å². The van der Waals surface area contributed by atoms with Gasteiger partial charge in [-0.15, -0.1) is 11.3 Å². The van der Waals surface area contributed by atoms with Gasteiger partial charge in [-0.3, -0.25) is 4.79 Å². The number of fused-ring (bicyclic) bond motifs is 1. The van der Waals surface area contributed by atoms with E-state index in [4.69, 9.17) is 4.74 Å². The first kappa shape index (κ1) is 13.8. The minimum absolute atomic E-state index is 0.401. The van der Waals surface area contributed by atoms with Crippen molar-refractivity contribution in [3.05, 3.63) is 10.6 Å². The van der Waals surface area contributed by atoms with Crippen LogP contribution in [0.25, 0.3) is 0 Å². The van der Waals surface area contributed by atoms with Crippen molar-refractivity contribution in [2.75, 3.05) is 31.7 Å². The molecule has 0 bridgehead atoms. The van der Waals surface area contributed by atoms with Crippen LogP contribution in [0.5, 0.6) is 0 Å². The summed E-state index contributed by atoms with van der Waals surface area (Å²) in [6.45, 7) is 2.64. The van der Waals surface area contributed by atoms with E-state index < -0.39 is 11.9 Å². The number of carboxylic acid groups (broad SMARTS) is 1. The van der Waals surface area contributed by atoms with E-state index in [-0.39, 0.29) is 0 Å². The molecule has 2 aliphatic rings. The molecule has 1 N–H and O–H groups in total. The molecule has 2 heterocycles. The molecule has 110 valence electrons. The average molecular weight is 296 g/mol. The smallest absolute Gasteiger partial charge is 0.312 e. The summed E-state index contributed by atoms with van der Waals surface area (Å²) in [7, 11) is 2.04. The highest BCUT2D eigenvalue weighted by Crippen LogP contribution is 2.39. The number of carbonyl (C=O) groups is 1. The van der Waals surface area contributed by atoms with Gasteiger partial charge in [0.25, 0.3) is 0 Å². The number of aryl methyl sites for hydroxylation is 1. The largest absolute Gasteiger partial charge is 0.481 e. The topological polar surface area (TPSA) is 62.7 Å². The van der Waals surface area contributed by atoms with Crippen LogP contribution in [0.3, 0.4) is 0 Å². The van der Waals surface area contributed by atoms with E-state index in [0.717, 1.165) is 48.3 Å². The molecule has 0 saturated carbocycles. The van der Waals surface area contributed by atoms with Crippen LogP contribution in [0.2, 0.25) is 0 Å². The Morgan fingerprint density at radius 3 is 3.10 bits per heavy atom. The van der Waals surface area contributed by atoms with Gasteiger partial charge in [0.2, 0.25) is 0 Å². The SMILES string of the molecule is CN(CC1CCCOC1)c1nc2c(s1)CCC2C(=O)O. The summed E-state index contributed by atoms with van der Waals surface area (Å²) < 4.78 is 5.51. The highest BCUT2D eigenvalue weighted by molar-refractivity contribution is 7.15. The van der Waals surface area contributed by atoms with Gasteiger partial charge in [0, 0.05) is 25.1 Å². The minimum Gasteiger partial charge on any atom is -0.481 e. The van der Waals surface area contributed by atoms with E-state index in [2.05, 4.69) is 9.88 Å². The van der Waals surface area contributed by atoms with Crippen molar-refractivity contribution in [2.45, 2.75) is 31.6 Å². The van der Waals surface area contributed by atoms with Crippen molar-refractivity contribution in [3.63, 3.8) is 0 Å². The minimum atomic E-state index is -0.746. The Balaban J connectivity index is 1.68. The molecular formula is C14H20N2O3S. The van der Waals surface area contributed by atoms with Crippen molar-refractivity contribution < 1.29 is 14.6 Å². The number of anilines is 1. The molecule has 1 aliphatic carbocycles. The zero-order valence-electron chi connectivity index (χ0n) is 11.7. The monoisotopic (exact) mass is 296 g/mol. The highest BCUT2D eigenvalue weighted by Gasteiger charge is 2.33. The number of nitrogens with zero attached hydrogens (tertiary/aromatic N) is 2. The second-order valence-corrected chi connectivity index (χ2v) is 6.76. The Hall–Kier alpha value is -1.14. The fourth-order valence-corrected chi connectivity index (χ4v) is 4.14. The third-order valence-corrected chi connectivity index (χ3v) is 5.36. The first-order valence-corrected chi connectivity index (χ1v) is 7.98. The van der Waals surface area contributed by atoms with E-state index in [1.54, 1.807) is 11.3 Å². The molecular weight excluding hydrogens is 276 g/mol. The van der Waals surface area contributed by atoms with Gasteiger partial charge in [-0.05, 0) is 31.6 Å². The Morgan fingerprint density at radius 2 is 2.40 bits per heavy atom. The molecule has 2 atom stereocenters. The maximum Gasteiger partial charge on any atom is 0.312 e. The van der Waals surface area contributed by atoms with Crippen LogP contribution >= 0.6 is 11.3 Å². The summed E-state index contributed by atoms with van der Waals surface area (Å²) in [4.78, 5) is 19.1. The van der Waals surface area contributed by atoms with Crippen molar-refractivity contribution >= 4 is 22.4 Å². The zero-order chi connectivity index (χ0) is 14.1. The molecule has 0 radical (unpaired) electrons. The molecule has 2 unspecified atom stereocenters. The number of aromatic nitrogens is 1. The normalized spacial score (nSPS) is 25.4. The fraction of sp³-hybridized carbons (Fsp3) is 0.714. The standard InChI is InChI=1S/C14H20N2O3S/c1-16(7-9-3-2-6-19-8-9)14-15-12-10(13(17)18)4-5-11(12)20-14/h9-10H,2-8H2,1H3,(H,17,18). The summed E-state index contributed by atoms with van der Waals surface area (Å²) in [5, 5.41) is 10.2. The highest BCUT2D eigenvalue weighted by atomic mass is 32.1. The van der Waals surface area contributed by atoms with Crippen molar-refractivity contribution in [1.29, 1.82) is 0 Å². The van der Waals surface area contributed by atoms with Crippen LogP contribution < -0.4 is 4.90 Å². The molecule has 1 aromatic heterocycles. The molecule has 0 aromatic carbocycles. The van der Waals surface area contributed by atoms with Gasteiger partial charge in [0.05, 0.1) is 12.3 Å². The third kappa shape index (κ3) is 2.67. The van der Waals surface area contributed by atoms with Crippen LogP contribution in [-0.2, 0) is 16.0 Å². The summed E-state index contributed by atoms with van der Waals surface area (Å²) in [5.74, 6) is -0.590. The Labute approximate surface area is 122 Å². The van der Waals surface area contributed by atoms with Crippen molar-refractivity contribution in [2.24, 2.45) is 5.92 Å². The molecule has 6 heteroatoms. The predicted octanol–water partition coefficient (Wildman–Crippen LogP) is 2.12. The Kier molecular flexibility index (Phi) is 3.94. The maximum absolute atomic E-state index is 11.2. The van der Waals surface area contributed by atoms with Crippen molar-refractivity contribution in [3.8, 4) is 0 Å². The molecule has 5 nitrogen and oxygen atoms in total. The quantitative estimate of drug-likeness (QED) is 0.922. The summed E-state index contributed by atoms with van der Waals surface area (Å²) >= 11 is 1.65. The first-order chi connectivity index (χ1) is 9.65. The first-order valence-electron chi connectivity index (χ1n) is 7.16. The van der Waals surface area contributed by atoms with Gasteiger partial charge in [-0.2, -0.15) is 0 Å². The molecule has 20 heavy (non-hydrogen) atoms. The van der Waals surface area contributed by atoms with Crippen LogP contribution in [0.15, 0.2) is 0 Å². The number of ether oxygens (including phenoxy) is 1. The lowest BCUT2D eigenvalue weighted by Crippen LogP contribution is -2.30. The fourth-order valence-electron chi connectivity index (χ4n) is 3.03. The molecule has 0 amide bonds. The Bertz CT molecular complexity index is 497. The van der Waals surface area contributed by atoms with Gasteiger partial charge in [-0.1, -0.05) is 0 Å². The number of rotatable bonds is 4. The van der Waals surface area contributed by atoms with Crippen LogP contribution in [0.4, 0.5) is 5.13 Å². The van der Waals surface area contributed by atoms with E-state index in [0.29, 0.717) is 12.3 Å². The van der Waals surface area contributed by atoms with E-state index in [1.165, 1.54) is 6.42 Å². The average Bonchev–Trinajstić information content (AvgIpc) is 2.98. The predicted molar refractivity (Wildman–Crippen MR) is 77.6 cm³/mol. The number of hydrogen-bond acceptors (Lipinski definition) is 5. The second kappa shape index (κ2) is 5.69. The van der Waals surface area contributed by atoms with E-state index in [9.17, 15) is 9.90 Å². The van der Waals surface area contributed by atoms with Crippen LogP contribution in [0.1, 0.15) is 35.8 Å². The van der Waals surface area contributed by atoms with E-state index >= 15 is 0 Å². The molecule has 1 saturated heterocycles. The lowest BCUT2D eigenvalue weighted by atomic mass is 10.0. The third-order valence-electron chi connectivity index (χ3n) is 4.12. The molecule has 1 fully saturated rings. The van der Waals surface area contributed by atoms with Gasteiger partial charge in [0.15, 0.2) is 5.13 Å². The van der Waals surface area contributed by atoms with Crippen LogP contribution in [0, 0.1) is 5.92 Å². The molecule has 0 spiro atoms. The van der Waals surface area contributed by atoms with Gasteiger partial charge < -0.3 is 14.7 Å². The Morgan fingerprint density at radius 1 is 1.55 bits per heavy atom. The summed E-state index contributed by atoms with van der Waals surface area (Å²) in [5.41, 5.74) is 0.796. The van der Waals surface area contributed by atoms with Crippen LogP contribution in [-0.4, -0.2) is 42.9 Å². The molecule has 1 aromatic rings. The number of aliphatic carboxylic acids is 1. The zero-order valence-corrected chi connectivity index (χ0v) is 12.5. The lowest BCUT2D eigenvalue weighted by Gasteiger charge is -2.26. The second-order valence-electron chi connectivity index (χ2n) is 5.70. The lowest BCUT2D eigenvalue weighted by molar-refractivity contribution is -0.138. The van der Waals surface area contributed by atoms with Crippen molar-refractivity contribution in [1.82, 2.24) is 4.98 Å². The number of carboxylic acids is 1. The van der Waals surface area contributed by atoms with E-state index in [1.807, 2.05) is 7.05 Å². The number of thiazole rings is 1. The number of hydrogen-bond donors (Lipinski definition) is 1. The summed E-state index contributed by atoms with van der Waals surface area (Å²) in [6, 6.07) is 0. The van der Waals surface area contributed by atoms with Gasteiger partial charge in [0.1, 0.15) is 5.92 Å².